The van der Waals surface area contributed by atoms with Crippen molar-refractivity contribution in [1.82, 2.24) is 0 Å². The maximum atomic E-state index is 12.7. The molecule has 29 heavy (non-hydrogen) atoms. The number of aliphatic carboxylic acids is 1. The number of thioether (sulfide) groups is 1. The van der Waals surface area contributed by atoms with Crippen LogP contribution in [0.1, 0.15) is 6.42 Å². The van der Waals surface area contributed by atoms with Gasteiger partial charge in [-0.25, -0.2) is 9.69 Å². The molecule has 9 heteroatoms. The van der Waals surface area contributed by atoms with Crippen LogP contribution in [0.3, 0.4) is 0 Å². The second kappa shape index (κ2) is 9.06. The van der Waals surface area contributed by atoms with Gasteiger partial charge < -0.3 is 10.4 Å². The lowest BCUT2D eigenvalue weighted by Gasteiger charge is -2.15. The van der Waals surface area contributed by atoms with Gasteiger partial charge >= 0.3 is 5.97 Å². The summed E-state index contributed by atoms with van der Waals surface area (Å²) in [5.74, 6) is -2.28. The van der Waals surface area contributed by atoms with E-state index in [2.05, 4.69) is 21.2 Å². The van der Waals surface area contributed by atoms with Crippen molar-refractivity contribution in [2.75, 3.05) is 10.2 Å². The molecule has 0 saturated carbocycles. The number of amides is 3. The number of carboxylic acid groups (broad SMARTS) is 1. The minimum atomic E-state index is -1.21. The molecule has 1 heterocycles. The summed E-state index contributed by atoms with van der Waals surface area (Å²) in [5, 5.41) is 10.5. The summed E-state index contributed by atoms with van der Waals surface area (Å²) in [7, 11) is 0. The first-order valence-corrected chi connectivity index (χ1v) is 10.1. The van der Waals surface area contributed by atoms with Gasteiger partial charge in [-0.3, -0.25) is 14.4 Å². The van der Waals surface area contributed by atoms with Crippen molar-refractivity contribution in [2.45, 2.75) is 16.6 Å². The molecule has 0 radical (unpaired) electrons. The van der Waals surface area contributed by atoms with E-state index in [-0.39, 0.29) is 18.2 Å². The highest BCUT2D eigenvalue weighted by Crippen LogP contribution is 2.34. The first-order chi connectivity index (χ1) is 13.8. The van der Waals surface area contributed by atoms with Crippen molar-refractivity contribution in [3.05, 3.63) is 65.2 Å². The fourth-order valence-electron chi connectivity index (χ4n) is 2.67. The average Bonchev–Trinajstić information content (AvgIpc) is 2.96. The van der Waals surface area contributed by atoms with Gasteiger partial charge in [-0.2, -0.15) is 0 Å². The van der Waals surface area contributed by atoms with Gasteiger partial charge in [-0.05, 0) is 48.5 Å². The quantitative estimate of drug-likeness (QED) is 0.490. The van der Waals surface area contributed by atoms with Crippen LogP contribution < -0.4 is 10.2 Å². The van der Waals surface area contributed by atoms with Crippen LogP contribution in [-0.4, -0.2) is 34.0 Å². The third-order valence-corrected chi connectivity index (χ3v) is 5.69. The molecule has 3 rings (SSSR count). The van der Waals surface area contributed by atoms with Gasteiger partial charge in [0.1, 0.15) is 0 Å². The van der Waals surface area contributed by atoms with Crippen molar-refractivity contribution in [2.24, 2.45) is 0 Å². The van der Waals surface area contributed by atoms with Crippen LogP contribution in [0.5, 0.6) is 0 Å². The maximum absolute atomic E-state index is 12.7. The monoisotopic (exact) mass is 474 g/mol. The van der Waals surface area contributed by atoms with E-state index in [1.165, 1.54) is 16.7 Å². The summed E-state index contributed by atoms with van der Waals surface area (Å²) in [6, 6.07) is 13.7. The third-order valence-electron chi connectivity index (χ3n) is 3.97. The highest BCUT2D eigenvalue weighted by Gasteiger charge is 2.40. The number of benzene rings is 2. The second-order valence-electron chi connectivity index (χ2n) is 6.04. The summed E-state index contributed by atoms with van der Waals surface area (Å²) in [5.41, 5.74) is 1.03. The van der Waals surface area contributed by atoms with Crippen molar-refractivity contribution < 1.29 is 24.3 Å². The molecule has 0 bridgehead atoms. The van der Waals surface area contributed by atoms with E-state index in [0.717, 1.165) is 21.5 Å². The van der Waals surface area contributed by atoms with Crippen LogP contribution in [0.4, 0.5) is 11.4 Å². The second-order valence-corrected chi connectivity index (χ2v) is 8.23. The molecule has 1 aliphatic rings. The van der Waals surface area contributed by atoms with Crippen LogP contribution >= 0.6 is 27.7 Å². The third kappa shape index (κ3) is 5.33. The fraction of sp³-hybridized carbons (Fsp3) is 0.100. The predicted octanol–water partition coefficient (Wildman–Crippen LogP) is 3.45. The molecule has 0 spiro atoms. The van der Waals surface area contributed by atoms with Gasteiger partial charge in [-0.1, -0.05) is 15.9 Å². The van der Waals surface area contributed by atoms with Gasteiger partial charge in [0.25, 0.3) is 0 Å². The number of anilines is 2. The lowest BCUT2D eigenvalue weighted by atomic mass is 10.3. The number of nitrogens with zero attached hydrogens (tertiary/aromatic N) is 1. The van der Waals surface area contributed by atoms with Gasteiger partial charge in [0.15, 0.2) is 0 Å². The van der Waals surface area contributed by atoms with E-state index in [0.29, 0.717) is 11.4 Å². The van der Waals surface area contributed by atoms with Crippen molar-refractivity contribution in [1.29, 1.82) is 0 Å². The van der Waals surface area contributed by atoms with Crippen LogP contribution in [-0.2, 0) is 19.2 Å². The topological polar surface area (TPSA) is 104 Å². The Kier molecular flexibility index (Phi) is 6.50. The van der Waals surface area contributed by atoms with Crippen molar-refractivity contribution in [3.63, 3.8) is 0 Å². The van der Waals surface area contributed by atoms with Crippen molar-refractivity contribution >= 4 is 62.8 Å². The van der Waals surface area contributed by atoms with E-state index in [4.69, 9.17) is 5.11 Å². The maximum Gasteiger partial charge on any atom is 0.328 e. The molecule has 1 atom stereocenters. The smallest absolute Gasteiger partial charge is 0.328 e. The number of hydrogen-bond acceptors (Lipinski definition) is 5. The van der Waals surface area contributed by atoms with Crippen LogP contribution in [0.2, 0.25) is 0 Å². The van der Waals surface area contributed by atoms with E-state index < -0.39 is 17.1 Å². The highest BCUT2D eigenvalue weighted by atomic mass is 79.9. The van der Waals surface area contributed by atoms with Gasteiger partial charge in [0.05, 0.1) is 10.9 Å². The van der Waals surface area contributed by atoms with E-state index in [9.17, 15) is 19.2 Å². The molecule has 0 aromatic heterocycles. The Labute approximate surface area is 178 Å². The molecule has 2 aromatic rings. The zero-order chi connectivity index (χ0) is 21.0. The summed E-state index contributed by atoms with van der Waals surface area (Å²) >= 11 is 4.61. The van der Waals surface area contributed by atoms with E-state index in [1.807, 2.05) is 0 Å². The number of carbonyl (C=O) groups excluding carboxylic acids is 3. The van der Waals surface area contributed by atoms with E-state index in [1.54, 1.807) is 48.5 Å². The van der Waals surface area contributed by atoms with Gasteiger partial charge in [-0.15, -0.1) is 11.8 Å². The molecule has 1 fully saturated rings. The SMILES string of the molecule is O=C(O)/C=C/C(=O)Nc1ccc(SC2CC(=O)N(c3ccc(Br)cc3)C2=O)cc1. The molecule has 2 aromatic carbocycles. The summed E-state index contributed by atoms with van der Waals surface area (Å²) in [4.78, 5) is 49.0. The predicted molar refractivity (Wildman–Crippen MR) is 113 cm³/mol. The van der Waals surface area contributed by atoms with Crippen LogP contribution in [0.25, 0.3) is 0 Å². The van der Waals surface area contributed by atoms with Crippen LogP contribution in [0.15, 0.2) is 70.1 Å². The zero-order valence-corrected chi connectivity index (χ0v) is 17.3. The Hall–Kier alpha value is -2.91. The molecule has 7 nitrogen and oxygen atoms in total. The zero-order valence-electron chi connectivity index (χ0n) is 14.9. The summed E-state index contributed by atoms with van der Waals surface area (Å²) < 4.78 is 0.858. The number of hydrogen-bond donors (Lipinski definition) is 2. The number of carbonyl (C=O) groups is 4. The summed E-state index contributed by atoms with van der Waals surface area (Å²) in [6.07, 6.45) is 1.78. The minimum absolute atomic E-state index is 0.109. The Morgan fingerprint density at radius 2 is 1.72 bits per heavy atom. The number of imide groups is 1. The summed E-state index contributed by atoms with van der Waals surface area (Å²) in [6.45, 7) is 0. The largest absolute Gasteiger partial charge is 0.478 e. The lowest BCUT2D eigenvalue weighted by molar-refractivity contribution is -0.131. The number of carboxylic acids is 1. The van der Waals surface area contributed by atoms with Gasteiger partial charge in [0, 0.05) is 33.6 Å². The first kappa shape index (κ1) is 20.8. The highest BCUT2D eigenvalue weighted by molar-refractivity contribution is 9.10. The first-order valence-electron chi connectivity index (χ1n) is 8.44. The Morgan fingerprint density at radius 1 is 1.07 bits per heavy atom. The Morgan fingerprint density at radius 3 is 2.34 bits per heavy atom. The minimum Gasteiger partial charge on any atom is -0.478 e. The molecular weight excluding hydrogens is 460 g/mol. The van der Waals surface area contributed by atoms with Crippen LogP contribution in [0, 0.1) is 0 Å². The molecule has 0 aliphatic carbocycles. The fourth-order valence-corrected chi connectivity index (χ4v) is 3.99. The molecule has 3 amide bonds. The normalized spacial score (nSPS) is 16.4. The molecular formula is C20H15BrN2O5S. The van der Waals surface area contributed by atoms with Crippen molar-refractivity contribution in [3.8, 4) is 0 Å². The molecule has 1 saturated heterocycles. The number of halogens is 1. The lowest BCUT2D eigenvalue weighted by Crippen LogP contribution is -2.31. The average molecular weight is 475 g/mol. The van der Waals surface area contributed by atoms with E-state index >= 15 is 0 Å². The number of rotatable bonds is 6. The Bertz CT molecular complexity index is 989. The standard InChI is InChI=1S/C20H15BrN2O5S/c21-12-1-5-14(6-2-12)23-18(25)11-16(20(23)28)29-15-7-3-13(4-8-15)22-17(24)9-10-19(26)27/h1-10,16H,11H2,(H,22,24)(H,26,27)/b10-9+. The molecule has 1 aliphatic heterocycles. The number of nitrogens with one attached hydrogen (secondary N) is 1. The molecule has 2 N–H and O–H groups in total. The molecule has 148 valence electrons. The molecule has 1 unspecified atom stereocenters. The van der Waals surface area contributed by atoms with Gasteiger partial charge in [0.2, 0.25) is 17.7 Å². The Balaban J connectivity index is 1.64.